The van der Waals surface area contributed by atoms with Gasteiger partial charge in [0.05, 0.1) is 0 Å². The average molecular weight is 270 g/mol. The highest BCUT2D eigenvalue weighted by molar-refractivity contribution is 8.00. The van der Waals surface area contributed by atoms with Crippen molar-refractivity contribution in [2.75, 3.05) is 6.54 Å². The fourth-order valence-corrected chi connectivity index (χ4v) is 4.09. The summed E-state index contributed by atoms with van der Waals surface area (Å²) in [6.45, 7) is 0.696. The summed E-state index contributed by atoms with van der Waals surface area (Å²) in [4.78, 5) is 0. The summed E-state index contributed by atoms with van der Waals surface area (Å²) in [5.41, 5.74) is 7.18. The number of halogens is 1. The van der Waals surface area contributed by atoms with Gasteiger partial charge in [0.1, 0.15) is 0 Å². The van der Waals surface area contributed by atoms with E-state index in [9.17, 15) is 0 Å². The first-order valence-electron chi connectivity index (χ1n) is 6.40. The van der Waals surface area contributed by atoms with Crippen LogP contribution in [0.3, 0.4) is 0 Å². The summed E-state index contributed by atoms with van der Waals surface area (Å²) in [6.07, 6.45) is 6.86. The van der Waals surface area contributed by atoms with Gasteiger partial charge in [0.25, 0.3) is 0 Å². The Morgan fingerprint density at radius 2 is 2.06 bits per heavy atom. The number of hydrogen-bond acceptors (Lipinski definition) is 2. The smallest absolute Gasteiger partial charge is 0.0422 e. The molecule has 0 bridgehead atoms. The van der Waals surface area contributed by atoms with Crippen molar-refractivity contribution in [3.8, 4) is 0 Å². The van der Waals surface area contributed by atoms with E-state index in [0.717, 1.165) is 10.3 Å². The van der Waals surface area contributed by atoms with Crippen LogP contribution in [0.25, 0.3) is 0 Å². The lowest BCUT2D eigenvalue weighted by atomic mass is 10.0. The molecule has 0 aliphatic heterocycles. The third-order valence-electron chi connectivity index (χ3n) is 3.34. The summed E-state index contributed by atoms with van der Waals surface area (Å²) >= 11 is 8.08. The van der Waals surface area contributed by atoms with Crippen LogP contribution >= 0.6 is 23.4 Å². The van der Waals surface area contributed by atoms with E-state index < -0.39 is 0 Å². The monoisotopic (exact) mass is 269 g/mol. The van der Waals surface area contributed by atoms with E-state index in [1.165, 1.54) is 37.7 Å². The highest BCUT2D eigenvalue weighted by atomic mass is 35.5. The third-order valence-corrected chi connectivity index (χ3v) is 5.23. The van der Waals surface area contributed by atoms with Gasteiger partial charge in [0, 0.05) is 22.1 Å². The predicted octanol–water partition coefficient (Wildman–Crippen LogP) is 4.41. The first-order valence-corrected chi connectivity index (χ1v) is 7.72. The number of hydrogen-bond donors (Lipinski definition) is 1. The highest BCUT2D eigenvalue weighted by Crippen LogP contribution is 2.38. The minimum atomic E-state index is 0.400. The molecule has 1 saturated carbocycles. The van der Waals surface area contributed by atoms with Crippen LogP contribution < -0.4 is 5.73 Å². The Kier molecular flexibility index (Phi) is 5.20. The molecule has 0 spiro atoms. The van der Waals surface area contributed by atoms with Gasteiger partial charge >= 0.3 is 0 Å². The van der Waals surface area contributed by atoms with E-state index in [2.05, 4.69) is 12.1 Å². The molecule has 0 saturated heterocycles. The van der Waals surface area contributed by atoms with Crippen molar-refractivity contribution in [2.24, 2.45) is 5.73 Å². The molecular formula is C14H20ClNS. The van der Waals surface area contributed by atoms with Crippen molar-refractivity contribution in [1.82, 2.24) is 0 Å². The Hall–Kier alpha value is -0.180. The van der Waals surface area contributed by atoms with Crippen LogP contribution in [0.4, 0.5) is 0 Å². The maximum atomic E-state index is 6.04. The lowest BCUT2D eigenvalue weighted by Gasteiger charge is -2.25. The first kappa shape index (κ1) is 13.3. The molecule has 17 heavy (non-hydrogen) atoms. The summed E-state index contributed by atoms with van der Waals surface area (Å²) < 4.78 is 0. The normalized spacial score (nSPS) is 19.2. The van der Waals surface area contributed by atoms with Gasteiger partial charge in [-0.2, -0.15) is 0 Å². The van der Waals surface area contributed by atoms with Crippen molar-refractivity contribution in [2.45, 2.75) is 42.6 Å². The Morgan fingerprint density at radius 3 is 2.71 bits per heavy atom. The number of nitrogens with two attached hydrogens (primary N) is 1. The van der Waals surface area contributed by atoms with Gasteiger partial charge in [-0.1, -0.05) is 43.0 Å². The lowest BCUT2D eigenvalue weighted by molar-refractivity contribution is 0.515. The van der Waals surface area contributed by atoms with Crippen LogP contribution in [0.1, 0.15) is 42.9 Å². The van der Waals surface area contributed by atoms with Gasteiger partial charge in [0.15, 0.2) is 0 Å². The highest BCUT2D eigenvalue weighted by Gasteiger charge is 2.19. The van der Waals surface area contributed by atoms with E-state index in [0.29, 0.717) is 11.8 Å². The number of rotatable bonds is 4. The van der Waals surface area contributed by atoms with Crippen molar-refractivity contribution in [1.29, 1.82) is 0 Å². The number of thioether (sulfide) groups is 1. The second kappa shape index (κ2) is 6.67. The molecule has 1 atom stereocenters. The molecule has 0 radical (unpaired) electrons. The summed E-state index contributed by atoms with van der Waals surface area (Å²) in [5, 5.41) is 2.00. The predicted molar refractivity (Wildman–Crippen MR) is 77.7 cm³/mol. The Balaban J connectivity index is 2.00. The van der Waals surface area contributed by atoms with Crippen LogP contribution in [0, 0.1) is 0 Å². The third kappa shape index (κ3) is 3.90. The first-order chi connectivity index (χ1) is 8.29. The van der Waals surface area contributed by atoms with Crippen LogP contribution in [0.5, 0.6) is 0 Å². The Bertz CT molecular complexity index is 350. The van der Waals surface area contributed by atoms with Gasteiger partial charge < -0.3 is 5.73 Å². The molecule has 94 valence electrons. The summed E-state index contributed by atoms with van der Waals surface area (Å²) in [5.74, 6) is 0. The van der Waals surface area contributed by atoms with Gasteiger partial charge in [-0.05, 0) is 30.5 Å². The van der Waals surface area contributed by atoms with E-state index in [1.807, 2.05) is 23.9 Å². The molecule has 1 aromatic rings. The summed E-state index contributed by atoms with van der Waals surface area (Å²) in [7, 11) is 0. The van der Waals surface area contributed by atoms with Crippen molar-refractivity contribution in [3.63, 3.8) is 0 Å². The van der Waals surface area contributed by atoms with Crippen LogP contribution in [-0.2, 0) is 0 Å². The molecule has 1 aliphatic carbocycles. The molecule has 2 N–H and O–H groups in total. The van der Waals surface area contributed by atoms with E-state index in [4.69, 9.17) is 17.3 Å². The minimum Gasteiger partial charge on any atom is -0.329 e. The zero-order valence-electron chi connectivity index (χ0n) is 10.1. The maximum Gasteiger partial charge on any atom is 0.0422 e. The Labute approximate surface area is 113 Å². The van der Waals surface area contributed by atoms with Crippen LogP contribution in [0.15, 0.2) is 24.3 Å². The SMILES string of the molecule is NCC(SC1CCCCC1)c1cccc(Cl)c1. The van der Waals surface area contributed by atoms with E-state index in [-0.39, 0.29) is 0 Å². The average Bonchev–Trinajstić information content (AvgIpc) is 2.37. The van der Waals surface area contributed by atoms with Crippen molar-refractivity contribution < 1.29 is 0 Å². The standard InChI is InChI=1S/C14H20ClNS/c15-12-6-4-5-11(9-12)14(10-16)17-13-7-2-1-3-8-13/h4-6,9,13-14H,1-3,7-8,10,16H2. The largest absolute Gasteiger partial charge is 0.329 e. The quantitative estimate of drug-likeness (QED) is 0.876. The number of benzene rings is 1. The topological polar surface area (TPSA) is 26.0 Å². The molecular weight excluding hydrogens is 250 g/mol. The van der Waals surface area contributed by atoms with Gasteiger partial charge in [0.2, 0.25) is 0 Å². The fraction of sp³-hybridized carbons (Fsp3) is 0.571. The molecule has 0 heterocycles. The van der Waals surface area contributed by atoms with Crippen LogP contribution in [0.2, 0.25) is 5.02 Å². The van der Waals surface area contributed by atoms with Gasteiger partial charge in [-0.3, -0.25) is 0 Å². The van der Waals surface area contributed by atoms with Gasteiger partial charge in [-0.15, -0.1) is 11.8 Å². The molecule has 1 aromatic carbocycles. The zero-order valence-corrected chi connectivity index (χ0v) is 11.6. The lowest BCUT2D eigenvalue weighted by Crippen LogP contribution is -2.16. The molecule has 3 heteroatoms. The Morgan fingerprint density at radius 1 is 1.29 bits per heavy atom. The van der Waals surface area contributed by atoms with Crippen molar-refractivity contribution >= 4 is 23.4 Å². The second-order valence-corrected chi connectivity index (χ2v) is 6.62. The minimum absolute atomic E-state index is 0.400. The molecule has 0 amide bonds. The summed E-state index contributed by atoms with van der Waals surface area (Å²) in [6, 6.07) is 8.12. The van der Waals surface area contributed by atoms with Crippen LogP contribution in [-0.4, -0.2) is 11.8 Å². The van der Waals surface area contributed by atoms with Gasteiger partial charge in [-0.25, -0.2) is 0 Å². The maximum absolute atomic E-state index is 6.04. The molecule has 1 nitrogen and oxygen atoms in total. The molecule has 0 aromatic heterocycles. The molecule has 1 aliphatic rings. The van der Waals surface area contributed by atoms with E-state index in [1.54, 1.807) is 0 Å². The van der Waals surface area contributed by atoms with E-state index >= 15 is 0 Å². The second-order valence-electron chi connectivity index (χ2n) is 4.68. The zero-order chi connectivity index (χ0) is 12.1. The fourth-order valence-electron chi connectivity index (χ4n) is 2.41. The molecule has 1 unspecified atom stereocenters. The van der Waals surface area contributed by atoms with Crippen molar-refractivity contribution in [3.05, 3.63) is 34.9 Å². The molecule has 2 rings (SSSR count). The molecule has 1 fully saturated rings.